The minimum atomic E-state index is -3.22. The second-order valence-corrected chi connectivity index (χ2v) is 9.16. The molecule has 7 heteroatoms. The fourth-order valence-corrected chi connectivity index (χ4v) is 4.25. The molecule has 0 saturated heterocycles. The molecule has 3 aromatic heterocycles. The molecule has 0 unspecified atom stereocenters. The molecule has 0 atom stereocenters. The number of imidazole rings is 1. The molecule has 2 aromatic carbocycles. The van der Waals surface area contributed by atoms with Crippen LogP contribution in [0.3, 0.4) is 0 Å². The van der Waals surface area contributed by atoms with E-state index in [2.05, 4.69) is 29.0 Å². The van der Waals surface area contributed by atoms with E-state index in [0.717, 1.165) is 44.6 Å². The molecule has 0 fully saturated rings. The molecule has 0 bridgehead atoms. The lowest BCUT2D eigenvalue weighted by molar-refractivity contribution is 0.602. The normalized spacial score (nSPS) is 12.1. The third kappa shape index (κ3) is 2.91. The van der Waals surface area contributed by atoms with Crippen LogP contribution in [0.1, 0.15) is 5.56 Å². The Morgan fingerprint density at radius 1 is 0.966 bits per heavy atom. The van der Waals surface area contributed by atoms with Gasteiger partial charge in [-0.05, 0) is 47.9 Å². The van der Waals surface area contributed by atoms with Crippen LogP contribution in [-0.2, 0) is 9.84 Å². The fraction of sp³-hybridized carbons (Fsp3) is 0.0909. The summed E-state index contributed by atoms with van der Waals surface area (Å²) >= 11 is 0. The summed E-state index contributed by atoms with van der Waals surface area (Å²) in [7, 11) is -3.22. The molecule has 5 aromatic rings. The molecule has 0 spiro atoms. The van der Waals surface area contributed by atoms with Gasteiger partial charge in [-0.3, -0.25) is 4.40 Å². The smallest absolute Gasteiger partial charge is 0.175 e. The van der Waals surface area contributed by atoms with Crippen LogP contribution < -0.4 is 0 Å². The summed E-state index contributed by atoms with van der Waals surface area (Å²) in [6, 6.07) is 15.1. The van der Waals surface area contributed by atoms with Gasteiger partial charge in [-0.2, -0.15) is 0 Å². The van der Waals surface area contributed by atoms with Crippen molar-refractivity contribution in [2.24, 2.45) is 0 Å². The van der Waals surface area contributed by atoms with Crippen molar-refractivity contribution in [1.82, 2.24) is 19.4 Å². The number of nitrogens with zero attached hydrogens (tertiary/aromatic N) is 3. The SMILES string of the molecule is Cc1ccc(-c2ccc(S(C)(=O)=O)cc2)cc1-c1nc2[nH]ccc2n2cncc12. The van der Waals surface area contributed by atoms with Crippen molar-refractivity contribution in [1.29, 1.82) is 0 Å². The number of aromatic nitrogens is 4. The Hall–Kier alpha value is -3.45. The largest absolute Gasteiger partial charge is 0.345 e. The summed E-state index contributed by atoms with van der Waals surface area (Å²) in [4.78, 5) is 12.7. The molecule has 0 radical (unpaired) electrons. The van der Waals surface area contributed by atoms with Crippen molar-refractivity contribution in [3.05, 3.63) is 72.8 Å². The van der Waals surface area contributed by atoms with Gasteiger partial charge in [0.25, 0.3) is 0 Å². The third-order valence-corrected chi connectivity index (χ3v) is 6.31. The molecule has 0 aliphatic rings. The van der Waals surface area contributed by atoms with Crippen molar-refractivity contribution in [2.75, 3.05) is 6.26 Å². The molecule has 0 saturated carbocycles. The number of rotatable bonds is 3. The van der Waals surface area contributed by atoms with E-state index >= 15 is 0 Å². The van der Waals surface area contributed by atoms with Gasteiger partial charge in [-0.1, -0.05) is 24.3 Å². The predicted octanol–water partition coefficient (Wildman–Crippen LogP) is 4.26. The second-order valence-electron chi connectivity index (χ2n) is 7.15. The van der Waals surface area contributed by atoms with E-state index < -0.39 is 9.84 Å². The summed E-state index contributed by atoms with van der Waals surface area (Å²) in [5.74, 6) is 0. The first-order valence-corrected chi connectivity index (χ1v) is 11.0. The van der Waals surface area contributed by atoms with Crippen molar-refractivity contribution >= 4 is 26.5 Å². The van der Waals surface area contributed by atoms with E-state index in [1.165, 1.54) is 6.26 Å². The highest BCUT2D eigenvalue weighted by molar-refractivity contribution is 7.90. The van der Waals surface area contributed by atoms with E-state index in [9.17, 15) is 8.42 Å². The molecule has 5 rings (SSSR count). The summed E-state index contributed by atoms with van der Waals surface area (Å²) in [6.07, 6.45) is 6.69. The van der Waals surface area contributed by atoms with Crippen molar-refractivity contribution < 1.29 is 8.42 Å². The first kappa shape index (κ1) is 17.6. The number of hydrogen-bond donors (Lipinski definition) is 1. The molecule has 0 amide bonds. The Balaban J connectivity index is 1.69. The molecular formula is C22H18N4O2S. The van der Waals surface area contributed by atoms with Crippen LogP contribution in [0.4, 0.5) is 0 Å². The molecule has 6 nitrogen and oxygen atoms in total. The number of H-pyrrole nitrogens is 1. The Kier molecular flexibility index (Phi) is 3.82. The van der Waals surface area contributed by atoms with E-state index in [-0.39, 0.29) is 0 Å². The summed E-state index contributed by atoms with van der Waals surface area (Å²) in [5, 5.41) is 0. The number of aromatic amines is 1. The molecule has 3 heterocycles. The zero-order valence-electron chi connectivity index (χ0n) is 15.9. The van der Waals surface area contributed by atoms with Gasteiger partial charge in [0.05, 0.1) is 34.1 Å². The number of fused-ring (bicyclic) bond motifs is 3. The maximum atomic E-state index is 11.7. The molecule has 0 aliphatic carbocycles. The maximum absolute atomic E-state index is 11.7. The number of nitrogens with one attached hydrogen (secondary N) is 1. The Bertz CT molecular complexity index is 1480. The van der Waals surface area contributed by atoms with Gasteiger partial charge in [0.2, 0.25) is 0 Å². The lowest BCUT2D eigenvalue weighted by atomic mass is 9.97. The quantitative estimate of drug-likeness (QED) is 0.489. The fourth-order valence-electron chi connectivity index (χ4n) is 3.62. The van der Waals surface area contributed by atoms with Crippen LogP contribution in [0.5, 0.6) is 0 Å². The van der Waals surface area contributed by atoms with Crippen LogP contribution in [0.15, 0.2) is 72.1 Å². The Labute approximate surface area is 167 Å². The molecular weight excluding hydrogens is 384 g/mol. The molecule has 29 heavy (non-hydrogen) atoms. The van der Waals surface area contributed by atoms with E-state index in [1.54, 1.807) is 18.5 Å². The lowest BCUT2D eigenvalue weighted by Gasteiger charge is -2.11. The molecule has 144 valence electrons. The highest BCUT2D eigenvalue weighted by Crippen LogP contribution is 2.32. The van der Waals surface area contributed by atoms with E-state index in [1.807, 2.05) is 41.1 Å². The van der Waals surface area contributed by atoms with Crippen molar-refractivity contribution in [3.63, 3.8) is 0 Å². The Morgan fingerprint density at radius 2 is 1.72 bits per heavy atom. The predicted molar refractivity (Wildman–Crippen MR) is 114 cm³/mol. The third-order valence-electron chi connectivity index (χ3n) is 5.18. The molecule has 1 N–H and O–H groups in total. The zero-order chi connectivity index (χ0) is 20.2. The van der Waals surface area contributed by atoms with Crippen molar-refractivity contribution in [2.45, 2.75) is 11.8 Å². The second kappa shape index (κ2) is 6.28. The number of hydrogen-bond acceptors (Lipinski definition) is 4. The van der Waals surface area contributed by atoms with Crippen LogP contribution in [0.25, 0.3) is 39.1 Å². The first-order chi connectivity index (χ1) is 13.9. The minimum Gasteiger partial charge on any atom is -0.345 e. The van der Waals surface area contributed by atoms with E-state index in [0.29, 0.717) is 4.90 Å². The molecule has 0 aliphatic heterocycles. The Morgan fingerprint density at radius 3 is 2.48 bits per heavy atom. The average molecular weight is 402 g/mol. The topological polar surface area (TPSA) is 80.1 Å². The minimum absolute atomic E-state index is 0.313. The van der Waals surface area contributed by atoms with Gasteiger partial charge in [-0.15, -0.1) is 0 Å². The monoisotopic (exact) mass is 402 g/mol. The van der Waals surface area contributed by atoms with Crippen LogP contribution in [-0.4, -0.2) is 34.0 Å². The van der Waals surface area contributed by atoms with Gasteiger partial charge in [0, 0.05) is 18.0 Å². The van der Waals surface area contributed by atoms with Crippen LogP contribution in [0.2, 0.25) is 0 Å². The van der Waals surface area contributed by atoms with Gasteiger partial charge >= 0.3 is 0 Å². The van der Waals surface area contributed by atoms with Crippen LogP contribution >= 0.6 is 0 Å². The van der Waals surface area contributed by atoms with Gasteiger partial charge < -0.3 is 4.98 Å². The highest BCUT2D eigenvalue weighted by atomic mass is 32.2. The zero-order valence-corrected chi connectivity index (χ0v) is 16.7. The number of sulfone groups is 1. The summed E-state index contributed by atoms with van der Waals surface area (Å²) < 4.78 is 25.5. The first-order valence-electron chi connectivity index (χ1n) is 9.12. The van der Waals surface area contributed by atoms with Crippen molar-refractivity contribution in [3.8, 4) is 22.4 Å². The summed E-state index contributed by atoms with van der Waals surface area (Å²) in [5.41, 5.74) is 7.62. The van der Waals surface area contributed by atoms with Crippen LogP contribution in [0, 0.1) is 6.92 Å². The lowest BCUT2D eigenvalue weighted by Crippen LogP contribution is -1.97. The number of benzene rings is 2. The van der Waals surface area contributed by atoms with Gasteiger partial charge in [0.15, 0.2) is 15.5 Å². The van der Waals surface area contributed by atoms with Gasteiger partial charge in [-0.25, -0.2) is 18.4 Å². The highest BCUT2D eigenvalue weighted by Gasteiger charge is 2.14. The summed E-state index contributed by atoms with van der Waals surface area (Å²) in [6.45, 7) is 2.05. The van der Waals surface area contributed by atoms with E-state index in [4.69, 9.17) is 4.98 Å². The standard InChI is InChI=1S/C22H18N4O2S/c1-14-3-4-16(15-5-7-17(8-6-15)29(2,27)28)11-18(14)21-20-12-23-13-26(20)19-9-10-24-22(19)25-21/h3-13,24H,1-2H3. The maximum Gasteiger partial charge on any atom is 0.175 e. The number of aryl methyl sites for hydroxylation is 1. The van der Waals surface area contributed by atoms with Gasteiger partial charge in [0.1, 0.15) is 0 Å². The average Bonchev–Trinajstić information content (AvgIpc) is 3.36.